The predicted molar refractivity (Wildman–Crippen MR) is 121 cm³/mol. The number of nitrogens with zero attached hydrogens (tertiary/aromatic N) is 1. The molecule has 2 aliphatic heterocycles. The van der Waals surface area contributed by atoms with Gasteiger partial charge in [-0.25, -0.2) is 0 Å². The number of halogens is 1. The number of carbonyl (C=O) groups is 2. The van der Waals surface area contributed by atoms with Crippen LogP contribution >= 0.6 is 15.9 Å². The Bertz CT molecular complexity index is 988. The van der Waals surface area contributed by atoms with Gasteiger partial charge in [0.2, 0.25) is 5.91 Å². The average molecular weight is 487 g/mol. The van der Waals surface area contributed by atoms with Crippen LogP contribution in [0.4, 0.5) is 5.69 Å². The zero-order valence-corrected chi connectivity index (χ0v) is 18.7. The molecule has 2 heterocycles. The van der Waals surface area contributed by atoms with Crippen LogP contribution in [0.5, 0.6) is 5.75 Å². The molecule has 8 heteroatoms. The van der Waals surface area contributed by atoms with Gasteiger partial charge in [0.25, 0.3) is 5.91 Å². The average Bonchev–Trinajstić information content (AvgIpc) is 2.77. The smallest absolute Gasteiger partial charge is 0.294 e. The number of benzene rings is 2. The van der Waals surface area contributed by atoms with Gasteiger partial charge in [-0.1, -0.05) is 40.2 Å². The number of rotatable bonds is 6. The number of ether oxygens (including phenoxy) is 2. The molecule has 2 amide bonds. The van der Waals surface area contributed by atoms with E-state index in [1.165, 1.54) is 9.80 Å². The first-order chi connectivity index (χ1) is 15.1. The van der Waals surface area contributed by atoms with Crippen molar-refractivity contribution in [3.05, 3.63) is 64.3 Å². The minimum atomic E-state index is -0.340. The van der Waals surface area contributed by atoms with Crippen LogP contribution in [0.15, 0.2) is 58.8 Å². The van der Waals surface area contributed by atoms with Gasteiger partial charge >= 0.3 is 0 Å². The molecule has 1 saturated heterocycles. The van der Waals surface area contributed by atoms with E-state index in [2.05, 4.69) is 21.2 Å². The number of anilines is 1. The van der Waals surface area contributed by atoms with Gasteiger partial charge in [0, 0.05) is 4.47 Å². The highest BCUT2D eigenvalue weighted by molar-refractivity contribution is 9.10. The van der Waals surface area contributed by atoms with E-state index in [0.717, 1.165) is 42.9 Å². The molecular formula is C23H25BrN3O4+. The molecule has 0 saturated carbocycles. The Morgan fingerprint density at radius 2 is 1.97 bits per heavy atom. The van der Waals surface area contributed by atoms with Gasteiger partial charge in [0.15, 0.2) is 11.5 Å². The zero-order chi connectivity index (χ0) is 21.6. The van der Waals surface area contributed by atoms with E-state index in [0.29, 0.717) is 18.0 Å². The number of fused-ring (bicyclic) bond motifs is 1. The molecule has 2 aromatic rings. The van der Waals surface area contributed by atoms with Crippen molar-refractivity contribution in [1.29, 1.82) is 0 Å². The maximum absolute atomic E-state index is 13.2. The summed E-state index contributed by atoms with van der Waals surface area (Å²) in [6.07, 6.45) is 1.69. The molecule has 162 valence electrons. The Hall–Kier alpha value is -2.68. The number of hydrogen-bond donors (Lipinski definition) is 2. The quantitative estimate of drug-likeness (QED) is 0.602. The molecule has 7 nitrogen and oxygen atoms in total. The fraction of sp³-hybridized carbons (Fsp3) is 0.304. The highest BCUT2D eigenvalue weighted by Crippen LogP contribution is 2.35. The van der Waals surface area contributed by atoms with Crippen molar-refractivity contribution in [3.8, 4) is 5.75 Å². The summed E-state index contributed by atoms with van der Waals surface area (Å²) in [6.45, 7) is 4.77. The summed E-state index contributed by atoms with van der Waals surface area (Å²) in [5.74, 6) is 0.198. The molecule has 4 rings (SSSR count). The van der Waals surface area contributed by atoms with Crippen LogP contribution in [0.3, 0.4) is 0 Å². The topological polar surface area (TPSA) is 72.3 Å². The van der Waals surface area contributed by atoms with Gasteiger partial charge in [0.05, 0.1) is 32.0 Å². The lowest BCUT2D eigenvalue weighted by Crippen LogP contribution is -3.14. The number of amides is 2. The van der Waals surface area contributed by atoms with Crippen LogP contribution < -0.4 is 19.9 Å². The minimum absolute atomic E-state index is 0.0620. The van der Waals surface area contributed by atoms with E-state index in [1.807, 2.05) is 36.4 Å². The van der Waals surface area contributed by atoms with Crippen LogP contribution in [0.1, 0.15) is 5.56 Å². The van der Waals surface area contributed by atoms with Crippen LogP contribution in [0, 0.1) is 0 Å². The second-order valence-electron chi connectivity index (χ2n) is 7.49. The molecule has 31 heavy (non-hydrogen) atoms. The molecule has 0 bridgehead atoms. The van der Waals surface area contributed by atoms with Crippen LogP contribution in [0.25, 0.3) is 6.08 Å². The first-order valence-electron chi connectivity index (χ1n) is 10.3. The van der Waals surface area contributed by atoms with Crippen LogP contribution in [-0.2, 0) is 14.3 Å². The Morgan fingerprint density at radius 3 is 2.77 bits per heavy atom. The summed E-state index contributed by atoms with van der Waals surface area (Å²) in [6, 6.07) is 14.8. The Morgan fingerprint density at radius 1 is 1.16 bits per heavy atom. The third kappa shape index (κ3) is 5.52. The predicted octanol–water partition coefficient (Wildman–Crippen LogP) is 1.25. The van der Waals surface area contributed by atoms with Crippen molar-refractivity contribution in [3.63, 3.8) is 0 Å². The SMILES string of the molecule is O=C(CN1C(=O)C(=Cc2cccc(Br)c2)Oc2ccccc21)NCC[NH+]1CCOCC1. The van der Waals surface area contributed by atoms with Gasteiger partial charge in [-0.3, -0.25) is 14.5 Å². The number of morpholine rings is 1. The standard InChI is InChI=1S/C23H24BrN3O4/c24-18-5-3-4-17(14-18)15-21-23(29)27(19-6-1-2-7-20(19)31-21)16-22(28)25-8-9-26-10-12-30-13-11-26/h1-7,14-15H,8-13,16H2,(H,25,28)/p+1. The first-order valence-corrected chi connectivity index (χ1v) is 11.1. The monoisotopic (exact) mass is 486 g/mol. The molecule has 2 aliphatic rings. The third-order valence-corrected chi connectivity index (χ3v) is 5.77. The lowest BCUT2D eigenvalue weighted by atomic mass is 10.1. The zero-order valence-electron chi connectivity index (χ0n) is 17.1. The van der Waals surface area contributed by atoms with Crippen molar-refractivity contribution >= 4 is 39.5 Å². The van der Waals surface area contributed by atoms with Crippen molar-refractivity contribution in [2.75, 3.05) is 50.8 Å². The largest absolute Gasteiger partial charge is 0.449 e. The molecule has 0 radical (unpaired) electrons. The first kappa shape index (κ1) is 21.5. The number of hydrogen-bond acceptors (Lipinski definition) is 4. The fourth-order valence-electron chi connectivity index (χ4n) is 3.66. The van der Waals surface area contributed by atoms with Gasteiger partial charge in [-0.15, -0.1) is 0 Å². The molecule has 0 spiro atoms. The summed E-state index contributed by atoms with van der Waals surface area (Å²) in [4.78, 5) is 28.7. The number of nitrogens with one attached hydrogen (secondary N) is 2. The molecule has 0 atom stereocenters. The maximum atomic E-state index is 13.2. The van der Waals surface area contributed by atoms with Gasteiger partial charge in [-0.05, 0) is 35.9 Å². The summed E-state index contributed by atoms with van der Waals surface area (Å²) >= 11 is 3.44. The maximum Gasteiger partial charge on any atom is 0.294 e. The second-order valence-corrected chi connectivity index (χ2v) is 8.40. The molecule has 0 aliphatic carbocycles. The van der Waals surface area contributed by atoms with E-state index >= 15 is 0 Å². The van der Waals surface area contributed by atoms with Crippen molar-refractivity contribution in [2.24, 2.45) is 0 Å². The van der Waals surface area contributed by atoms with Crippen molar-refractivity contribution < 1.29 is 24.0 Å². The lowest BCUT2D eigenvalue weighted by molar-refractivity contribution is -0.906. The number of quaternary nitrogens is 1. The minimum Gasteiger partial charge on any atom is -0.449 e. The fourth-order valence-corrected chi connectivity index (χ4v) is 4.07. The molecule has 2 aromatic carbocycles. The summed E-state index contributed by atoms with van der Waals surface area (Å²) in [5, 5.41) is 2.94. The molecule has 0 aromatic heterocycles. The second kappa shape index (κ2) is 10.1. The molecular weight excluding hydrogens is 462 g/mol. The van der Waals surface area contributed by atoms with Crippen LogP contribution in [-0.4, -0.2) is 57.8 Å². The Balaban J connectivity index is 1.46. The summed E-state index contributed by atoms with van der Waals surface area (Å²) in [7, 11) is 0. The van der Waals surface area contributed by atoms with Crippen LogP contribution in [0.2, 0.25) is 0 Å². The van der Waals surface area contributed by atoms with E-state index < -0.39 is 0 Å². The van der Waals surface area contributed by atoms with Gasteiger partial charge in [0.1, 0.15) is 19.6 Å². The van der Waals surface area contributed by atoms with Crippen molar-refractivity contribution in [1.82, 2.24) is 5.32 Å². The Kier molecular flexibility index (Phi) is 7.01. The highest BCUT2D eigenvalue weighted by atomic mass is 79.9. The Labute approximate surface area is 189 Å². The lowest BCUT2D eigenvalue weighted by Gasteiger charge is -2.30. The molecule has 0 unspecified atom stereocenters. The summed E-state index contributed by atoms with van der Waals surface area (Å²) < 4.78 is 12.1. The van der Waals surface area contributed by atoms with E-state index in [4.69, 9.17) is 9.47 Å². The normalized spacial score (nSPS) is 17.9. The van der Waals surface area contributed by atoms with E-state index in [9.17, 15) is 9.59 Å². The number of para-hydroxylation sites is 2. The third-order valence-electron chi connectivity index (χ3n) is 5.28. The van der Waals surface area contributed by atoms with Gasteiger partial charge < -0.3 is 19.7 Å². The number of carbonyl (C=O) groups excluding carboxylic acids is 2. The highest BCUT2D eigenvalue weighted by Gasteiger charge is 2.31. The van der Waals surface area contributed by atoms with E-state index in [-0.39, 0.29) is 24.1 Å². The van der Waals surface area contributed by atoms with Gasteiger partial charge in [-0.2, -0.15) is 0 Å². The summed E-state index contributed by atoms with van der Waals surface area (Å²) in [5.41, 5.74) is 1.42. The van der Waals surface area contributed by atoms with E-state index in [1.54, 1.807) is 18.2 Å². The van der Waals surface area contributed by atoms with Crippen molar-refractivity contribution in [2.45, 2.75) is 0 Å². The molecule has 2 N–H and O–H groups in total. The molecule has 1 fully saturated rings.